The standard InChI is InChI=1S/C14H12N2OS/c1-9-16-12-6-5-10(8-13(12)18-9)11-4-3-7-15-14(11)17-2/h3-8H,1-2H3. The molecule has 4 heteroatoms. The Hall–Kier alpha value is -1.94. The van der Waals surface area contributed by atoms with Gasteiger partial charge in [-0.05, 0) is 36.8 Å². The first kappa shape index (κ1) is 11.2. The lowest BCUT2D eigenvalue weighted by molar-refractivity contribution is 0.399. The quantitative estimate of drug-likeness (QED) is 0.701. The van der Waals surface area contributed by atoms with E-state index < -0.39 is 0 Å². The van der Waals surface area contributed by atoms with Gasteiger partial charge in [0.05, 0.1) is 22.3 Å². The van der Waals surface area contributed by atoms with Crippen LogP contribution in [-0.4, -0.2) is 17.1 Å². The third kappa shape index (κ3) is 1.84. The summed E-state index contributed by atoms with van der Waals surface area (Å²) in [7, 11) is 1.64. The molecule has 0 atom stereocenters. The molecule has 2 aromatic heterocycles. The van der Waals surface area contributed by atoms with Crippen LogP contribution in [0.2, 0.25) is 0 Å². The lowest BCUT2D eigenvalue weighted by atomic mass is 10.1. The molecule has 0 unspecified atom stereocenters. The number of ether oxygens (including phenoxy) is 1. The van der Waals surface area contributed by atoms with Gasteiger partial charge in [0.15, 0.2) is 0 Å². The van der Waals surface area contributed by atoms with Crippen molar-refractivity contribution in [3.05, 3.63) is 41.5 Å². The summed E-state index contributed by atoms with van der Waals surface area (Å²) in [4.78, 5) is 8.69. The average Bonchev–Trinajstić information content (AvgIpc) is 2.77. The van der Waals surface area contributed by atoms with Crippen molar-refractivity contribution in [2.24, 2.45) is 0 Å². The molecule has 0 aliphatic carbocycles. The number of hydrogen-bond donors (Lipinski definition) is 0. The van der Waals surface area contributed by atoms with Crippen LogP contribution < -0.4 is 4.74 Å². The molecule has 0 saturated heterocycles. The molecular weight excluding hydrogens is 244 g/mol. The summed E-state index contributed by atoms with van der Waals surface area (Å²) in [5.74, 6) is 0.651. The summed E-state index contributed by atoms with van der Waals surface area (Å²) < 4.78 is 6.48. The van der Waals surface area contributed by atoms with E-state index in [2.05, 4.69) is 22.1 Å². The number of methoxy groups -OCH3 is 1. The molecule has 0 N–H and O–H groups in total. The van der Waals surface area contributed by atoms with Gasteiger partial charge >= 0.3 is 0 Å². The first-order chi connectivity index (χ1) is 8.78. The Morgan fingerprint density at radius 1 is 1.22 bits per heavy atom. The molecule has 3 rings (SSSR count). The first-order valence-electron chi connectivity index (χ1n) is 5.64. The molecule has 0 amide bonds. The number of nitrogens with zero attached hydrogens (tertiary/aromatic N) is 2. The zero-order valence-electron chi connectivity index (χ0n) is 10.2. The molecular formula is C14H12N2OS. The highest BCUT2D eigenvalue weighted by Gasteiger charge is 2.08. The zero-order chi connectivity index (χ0) is 12.5. The lowest BCUT2D eigenvalue weighted by Crippen LogP contribution is -1.90. The van der Waals surface area contributed by atoms with E-state index in [1.54, 1.807) is 24.6 Å². The summed E-state index contributed by atoms with van der Waals surface area (Å²) in [6.07, 6.45) is 1.73. The number of thiazole rings is 1. The molecule has 0 bridgehead atoms. The van der Waals surface area contributed by atoms with E-state index in [-0.39, 0.29) is 0 Å². The number of hydrogen-bond acceptors (Lipinski definition) is 4. The van der Waals surface area contributed by atoms with Crippen molar-refractivity contribution in [2.75, 3.05) is 7.11 Å². The van der Waals surface area contributed by atoms with E-state index in [1.807, 2.05) is 25.1 Å². The molecule has 90 valence electrons. The van der Waals surface area contributed by atoms with E-state index in [4.69, 9.17) is 4.74 Å². The zero-order valence-corrected chi connectivity index (χ0v) is 11.0. The third-order valence-electron chi connectivity index (χ3n) is 2.77. The summed E-state index contributed by atoms with van der Waals surface area (Å²) in [6.45, 7) is 2.02. The maximum Gasteiger partial charge on any atom is 0.221 e. The Balaban J connectivity index is 2.18. The van der Waals surface area contributed by atoms with Crippen molar-refractivity contribution in [3.63, 3.8) is 0 Å². The van der Waals surface area contributed by atoms with Gasteiger partial charge in [-0.3, -0.25) is 0 Å². The second-order valence-electron chi connectivity index (χ2n) is 3.98. The Morgan fingerprint density at radius 3 is 2.94 bits per heavy atom. The fourth-order valence-corrected chi connectivity index (χ4v) is 2.85. The fraction of sp³-hybridized carbons (Fsp3) is 0.143. The molecule has 1 aromatic carbocycles. The van der Waals surface area contributed by atoms with Crippen LogP contribution in [0.25, 0.3) is 21.3 Å². The minimum atomic E-state index is 0.651. The average molecular weight is 256 g/mol. The van der Waals surface area contributed by atoms with Gasteiger partial charge in [-0.25, -0.2) is 9.97 Å². The van der Waals surface area contributed by atoms with E-state index >= 15 is 0 Å². The molecule has 0 spiro atoms. The highest BCUT2D eigenvalue weighted by Crippen LogP contribution is 2.31. The van der Waals surface area contributed by atoms with E-state index in [0.29, 0.717) is 5.88 Å². The Morgan fingerprint density at radius 2 is 2.11 bits per heavy atom. The Kier molecular flexibility index (Phi) is 2.72. The highest BCUT2D eigenvalue weighted by molar-refractivity contribution is 7.18. The second kappa shape index (κ2) is 4.38. The van der Waals surface area contributed by atoms with Crippen LogP contribution in [0, 0.1) is 6.92 Å². The summed E-state index contributed by atoms with van der Waals surface area (Å²) >= 11 is 1.70. The van der Waals surface area contributed by atoms with Crippen molar-refractivity contribution < 1.29 is 4.74 Å². The number of aryl methyl sites for hydroxylation is 1. The topological polar surface area (TPSA) is 35.0 Å². The van der Waals surface area contributed by atoms with Crippen LogP contribution in [0.5, 0.6) is 5.88 Å². The van der Waals surface area contributed by atoms with Gasteiger partial charge in [-0.2, -0.15) is 0 Å². The van der Waals surface area contributed by atoms with Crippen LogP contribution in [0.4, 0.5) is 0 Å². The number of pyridine rings is 1. The molecule has 0 aliphatic heterocycles. The minimum Gasteiger partial charge on any atom is -0.481 e. The fourth-order valence-electron chi connectivity index (χ4n) is 1.98. The molecule has 3 nitrogen and oxygen atoms in total. The molecule has 2 heterocycles. The van der Waals surface area contributed by atoms with Crippen LogP contribution in [-0.2, 0) is 0 Å². The van der Waals surface area contributed by atoms with Gasteiger partial charge in [0, 0.05) is 11.8 Å². The number of rotatable bonds is 2. The van der Waals surface area contributed by atoms with Crippen LogP contribution in [0.15, 0.2) is 36.5 Å². The van der Waals surface area contributed by atoms with Crippen molar-refractivity contribution in [1.82, 2.24) is 9.97 Å². The number of aromatic nitrogens is 2. The van der Waals surface area contributed by atoms with Gasteiger partial charge in [0.25, 0.3) is 0 Å². The smallest absolute Gasteiger partial charge is 0.221 e. The van der Waals surface area contributed by atoms with Crippen molar-refractivity contribution in [2.45, 2.75) is 6.92 Å². The van der Waals surface area contributed by atoms with E-state index in [0.717, 1.165) is 21.7 Å². The highest BCUT2D eigenvalue weighted by atomic mass is 32.1. The summed E-state index contributed by atoms with van der Waals surface area (Å²) in [5, 5.41) is 1.08. The third-order valence-corrected chi connectivity index (χ3v) is 3.70. The second-order valence-corrected chi connectivity index (χ2v) is 5.21. The molecule has 0 radical (unpaired) electrons. The summed E-state index contributed by atoms with van der Waals surface area (Å²) in [6, 6.07) is 10.2. The Bertz CT molecular complexity index is 706. The molecule has 0 aliphatic rings. The maximum absolute atomic E-state index is 5.29. The minimum absolute atomic E-state index is 0.651. The Labute approximate surface area is 109 Å². The van der Waals surface area contributed by atoms with Gasteiger partial charge < -0.3 is 4.74 Å². The van der Waals surface area contributed by atoms with Crippen molar-refractivity contribution >= 4 is 21.6 Å². The van der Waals surface area contributed by atoms with Gasteiger partial charge in [0.2, 0.25) is 5.88 Å². The van der Waals surface area contributed by atoms with Crippen LogP contribution in [0.1, 0.15) is 5.01 Å². The predicted molar refractivity (Wildman–Crippen MR) is 74.1 cm³/mol. The van der Waals surface area contributed by atoms with Crippen LogP contribution >= 0.6 is 11.3 Å². The maximum atomic E-state index is 5.29. The molecule has 0 saturated carbocycles. The van der Waals surface area contributed by atoms with E-state index in [1.165, 1.54) is 4.70 Å². The van der Waals surface area contributed by atoms with Crippen LogP contribution in [0.3, 0.4) is 0 Å². The molecule has 3 aromatic rings. The van der Waals surface area contributed by atoms with E-state index in [9.17, 15) is 0 Å². The number of benzene rings is 1. The molecule has 18 heavy (non-hydrogen) atoms. The van der Waals surface area contributed by atoms with Gasteiger partial charge in [-0.15, -0.1) is 11.3 Å². The molecule has 0 fully saturated rings. The predicted octanol–water partition coefficient (Wildman–Crippen LogP) is 3.68. The largest absolute Gasteiger partial charge is 0.481 e. The normalized spacial score (nSPS) is 10.8. The van der Waals surface area contributed by atoms with Gasteiger partial charge in [-0.1, -0.05) is 6.07 Å². The van der Waals surface area contributed by atoms with Crippen molar-refractivity contribution in [3.8, 4) is 17.0 Å². The summed E-state index contributed by atoms with van der Waals surface area (Å²) in [5.41, 5.74) is 3.16. The monoisotopic (exact) mass is 256 g/mol. The lowest BCUT2D eigenvalue weighted by Gasteiger charge is -2.06. The first-order valence-corrected chi connectivity index (χ1v) is 6.46. The number of fused-ring (bicyclic) bond motifs is 1. The SMILES string of the molecule is COc1ncccc1-c1ccc2nc(C)sc2c1. The van der Waals surface area contributed by atoms with Gasteiger partial charge in [0.1, 0.15) is 0 Å². The van der Waals surface area contributed by atoms with Crippen molar-refractivity contribution in [1.29, 1.82) is 0 Å².